The van der Waals surface area contributed by atoms with Crippen molar-refractivity contribution in [2.45, 2.75) is 40.2 Å². The molecule has 1 heterocycles. The largest absolute Gasteiger partial charge is 0.356 e. The maximum atomic E-state index is 12.2. The van der Waals surface area contributed by atoms with E-state index in [9.17, 15) is 9.59 Å². The third kappa shape index (κ3) is 5.08. The predicted molar refractivity (Wildman–Crippen MR) is 94.6 cm³/mol. The van der Waals surface area contributed by atoms with Gasteiger partial charge in [0.2, 0.25) is 11.8 Å². The summed E-state index contributed by atoms with van der Waals surface area (Å²) in [4.78, 5) is 27.8. The highest BCUT2D eigenvalue weighted by molar-refractivity contribution is 5.81. The smallest absolute Gasteiger partial charge is 0.240 e. The van der Waals surface area contributed by atoms with Crippen LogP contribution in [-0.2, 0) is 22.6 Å². The second-order valence-electron chi connectivity index (χ2n) is 6.39. The summed E-state index contributed by atoms with van der Waals surface area (Å²) in [6.45, 7) is 7.19. The maximum absolute atomic E-state index is 12.2. The lowest BCUT2D eigenvalue weighted by molar-refractivity contribution is -0.122. The average Bonchev–Trinajstić information content (AvgIpc) is 2.87. The monoisotopic (exact) mass is 330 g/mol. The first-order chi connectivity index (χ1) is 11.5. The van der Waals surface area contributed by atoms with E-state index in [1.165, 1.54) is 6.92 Å². The number of aromatic nitrogens is 2. The number of aryl methyl sites for hydroxylation is 1. The summed E-state index contributed by atoms with van der Waals surface area (Å²) in [6, 6.07) is 7.83. The highest BCUT2D eigenvalue weighted by Crippen LogP contribution is 2.17. The number of nitrogens with zero attached hydrogens (tertiary/aromatic N) is 2. The lowest BCUT2D eigenvalue weighted by Crippen LogP contribution is -2.31. The van der Waals surface area contributed by atoms with E-state index in [4.69, 9.17) is 0 Å². The predicted octanol–water partition coefficient (Wildman–Crippen LogP) is 1.88. The average molecular weight is 330 g/mol. The van der Waals surface area contributed by atoms with Crippen LogP contribution in [-0.4, -0.2) is 34.5 Å². The van der Waals surface area contributed by atoms with Gasteiger partial charge in [-0.25, -0.2) is 4.98 Å². The van der Waals surface area contributed by atoms with Gasteiger partial charge in [0.15, 0.2) is 0 Å². The molecule has 0 bridgehead atoms. The van der Waals surface area contributed by atoms with Crippen LogP contribution in [0, 0.1) is 5.92 Å². The number of carbonyl (C=O) groups excluding carboxylic acids is 2. The molecule has 1 aromatic heterocycles. The molecule has 2 N–H and O–H groups in total. The fraction of sp³-hybridized carbons (Fsp3) is 0.500. The molecular weight excluding hydrogens is 304 g/mol. The molecule has 130 valence electrons. The molecule has 24 heavy (non-hydrogen) atoms. The molecule has 2 amide bonds. The van der Waals surface area contributed by atoms with Gasteiger partial charge in [0, 0.05) is 26.4 Å². The number of imidazole rings is 1. The van der Waals surface area contributed by atoms with Crippen molar-refractivity contribution >= 4 is 22.8 Å². The molecule has 0 saturated carbocycles. The Morgan fingerprint density at radius 1 is 1.21 bits per heavy atom. The summed E-state index contributed by atoms with van der Waals surface area (Å²) >= 11 is 0. The normalized spacial score (nSPS) is 11.0. The Balaban J connectivity index is 2.11. The van der Waals surface area contributed by atoms with Crippen molar-refractivity contribution in [2.75, 3.05) is 13.1 Å². The number of carbonyl (C=O) groups is 2. The minimum absolute atomic E-state index is 0.00466. The molecule has 6 nitrogen and oxygen atoms in total. The zero-order valence-corrected chi connectivity index (χ0v) is 14.6. The Hall–Kier alpha value is -2.37. The Morgan fingerprint density at radius 3 is 2.67 bits per heavy atom. The number of hydrogen-bond donors (Lipinski definition) is 2. The van der Waals surface area contributed by atoms with Gasteiger partial charge in [-0.15, -0.1) is 0 Å². The summed E-state index contributed by atoms with van der Waals surface area (Å²) < 4.78 is 1.97. The molecule has 0 unspecified atom stereocenters. The van der Waals surface area contributed by atoms with Crippen molar-refractivity contribution in [1.82, 2.24) is 20.2 Å². The SMILES string of the molecule is CC(=O)NCCCc1nc2ccccc2n1CC(=O)NCC(C)C. The van der Waals surface area contributed by atoms with E-state index in [0.717, 1.165) is 23.3 Å². The minimum Gasteiger partial charge on any atom is -0.356 e. The first-order valence-corrected chi connectivity index (χ1v) is 8.42. The number of fused-ring (bicyclic) bond motifs is 1. The van der Waals surface area contributed by atoms with Crippen molar-refractivity contribution in [2.24, 2.45) is 5.92 Å². The van der Waals surface area contributed by atoms with E-state index in [1.54, 1.807) is 0 Å². The lowest BCUT2D eigenvalue weighted by Gasteiger charge is -2.11. The van der Waals surface area contributed by atoms with Crippen molar-refractivity contribution in [1.29, 1.82) is 0 Å². The number of para-hydroxylation sites is 2. The zero-order chi connectivity index (χ0) is 17.5. The van der Waals surface area contributed by atoms with Gasteiger partial charge in [-0.3, -0.25) is 9.59 Å². The van der Waals surface area contributed by atoms with Gasteiger partial charge in [-0.1, -0.05) is 26.0 Å². The molecule has 6 heteroatoms. The van der Waals surface area contributed by atoms with E-state index in [1.807, 2.05) is 28.8 Å². The Kier molecular flexibility index (Phi) is 6.35. The first-order valence-electron chi connectivity index (χ1n) is 8.42. The summed E-state index contributed by atoms with van der Waals surface area (Å²) in [5.74, 6) is 1.26. The number of rotatable bonds is 8. The van der Waals surface area contributed by atoms with E-state index in [-0.39, 0.29) is 18.4 Å². The Morgan fingerprint density at radius 2 is 1.96 bits per heavy atom. The van der Waals surface area contributed by atoms with Crippen LogP contribution in [0.1, 0.15) is 33.0 Å². The number of hydrogen-bond acceptors (Lipinski definition) is 3. The quantitative estimate of drug-likeness (QED) is 0.726. The van der Waals surface area contributed by atoms with Gasteiger partial charge >= 0.3 is 0 Å². The van der Waals surface area contributed by atoms with Gasteiger partial charge in [-0.05, 0) is 24.5 Å². The first kappa shape index (κ1) is 18.0. The van der Waals surface area contributed by atoms with E-state index in [2.05, 4.69) is 29.5 Å². The van der Waals surface area contributed by atoms with Crippen molar-refractivity contribution in [3.05, 3.63) is 30.1 Å². The van der Waals surface area contributed by atoms with Gasteiger partial charge < -0.3 is 15.2 Å². The molecule has 0 atom stereocenters. The molecule has 1 aromatic carbocycles. The van der Waals surface area contributed by atoms with Crippen molar-refractivity contribution in [3.8, 4) is 0 Å². The Bertz CT molecular complexity index is 706. The fourth-order valence-corrected chi connectivity index (χ4v) is 2.52. The molecule has 0 saturated heterocycles. The van der Waals surface area contributed by atoms with Crippen LogP contribution in [0.15, 0.2) is 24.3 Å². The van der Waals surface area contributed by atoms with Crippen LogP contribution in [0.5, 0.6) is 0 Å². The number of amides is 2. The van der Waals surface area contributed by atoms with Crippen molar-refractivity contribution < 1.29 is 9.59 Å². The standard InChI is InChI=1S/C18H26N4O2/c1-13(2)11-20-18(24)12-22-16-8-5-4-7-15(16)21-17(22)9-6-10-19-14(3)23/h4-5,7-8,13H,6,9-12H2,1-3H3,(H,19,23)(H,20,24). The van der Waals surface area contributed by atoms with Crippen molar-refractivity contribution in [3.63, 3.8) is 0 Å². The summed E-state index contributed by atoms with van der Waals surface area (Å²) in [5, 5.41) is 5.74. The van der Waals surface area contributed by atoms with Crippen LogP contribution in [0.25, 0.3) is 11.0 Å². The fourth-order valence-electron chi connectivity index (χ4n) is 2.52. The van der Waals surface area contributed by atoms with E-state index < -0.39 is 0 Å². The highest BCUT2D eigenvalue weighted by atomic mass is 16.2. The van der Waals surface area contributed by atoms with Crippen LogP contribution in [0.2, 0.25) is 0 Å². The molecule has 0 aliphatic rings. The van der Waals surface area contributed by atoms with Gasteiger partial charge in [0.1, 0.15) is 12.4 Å². The maximum Gasteiger partial charge on any atom is 0.240 e. The molecule has 0 radical (unpaired) electrons. The molecule has 2 aromatic rings. The highest BCUT2D eigenvalue weighted by Gasteiger charge is 2.13. The molecular formula is C18H26N4O2. The second-order valence-corrected chi connectivity index (χ2v) is 6.39. The molecule has 2 rings (SSSR count). The minimum atomic E-state index is -0.0310. The molecule has 0 spiro atoms. The molecule has 0 aliphatic heterocycles. The number of nitrogens with one attached hydrogen (secondary N) is 2. The summed E-state index contributed by atoms with van der Waals surface area (Å²) in [5.41, 5.74) is 1.86. The van der Waals surface area contributed by atoms with Gasteiger partial charge in [-0.2, -0.15) is 0 Å². The van der Waals surface area contributed by atoms with Crippen LogP contribution in [0.4, 0.5) is 0 Å². The third-order valence-electron chi connectivity index (χ3n) is 3.69. The lowest BCUT2D eigenvalue weighted by atomic mass is 10.2. The molecule has 0 fully saturated rings. The molecule has 0 aliphatic carbocycles. The van der Waals surface area contributed by atoms with Gasteiger partial charge in [0.25, 0.3) is 0 Å². The van der Waals surface area contributed by atoms with Crippen LogP contribution >= 0.6 is 0 Å². The third-order valence-corrected chi connectivity index (χ3v) is 3.69. The van der Waals surface area contributed by atoms with E-state index >= 15 is 0 Å². The summed E-state index contributed by atoms with van der Waals surface area (Å²) in [6.07, 6.45) is 1.50. The van der Waals surface area contributed by atoms with Gasteiger partial charge in [0.05, 0.1) is 11.0 Å². The summed E-state index contributed by atoms with van der Waals surface area (Å²) in [7, 11) is 0. The second kappa shape index (κ2) is 8.47. The Labute approximate surface area is 142 Å². The zero-order valence-electron chi connectivity index (χ0n) is 14.6. The topological polar surface area (TPSA) is 76.0 Å². The van der Waals surface area contributed by atoms with Crippen LogP contribution in [0.3, 0.4) is 0 Å². The number of benzene rings is 1. The van der Waals surface area contributed by atoms with Crippen LogP contribution < -0.4 is 10.6 Å². The van der Waals surface area contributed by atoms with E-state index in [0.29, 0.717) is 25.4 Å².